The SMILES string of the molecule is COC(=O)[C@H]1[C@@H]2C[C@@](C)([C@H]3C(=O)C(C(C)(C)O)=C[C@@H]23)[C@H]1C(=O)OC. The molecule has 132 valence electrons. The van der Waals surface area contributed by atoms with E-state index in [1.54, 1.807) is 13.8 Å². The Labute approximate surface area is 141 Å². The van der Waals surface area contributed by atoms with Gasteiger partial charge in [0.15, 0.2) is 5.78 Å². The normalized spacial score (nSPS) is 40.3. The molecule has 0 amide bonds. The van der Waals surface area contributed by atoms with E-state index >= 15 is 0 Å². The Morgan fingerprint density at radius 3 is 2.33 bits per heavy atom. The van der Waals surface area contributed by atoms with Gasteiger partial charge in [0.05, 0.1) is 31.7 Å². The summed E-state index contributed by atoms with van der Waals surface area (Å²) in [5.74, 6) is -3.02. The molecule has 1 N–H and O–H groups in total. The van der Waals surface area contributed by atoms with Crippen LogP contribution in [0.15, 0.2) is 11.6 Å². The molecule has 6 heteroatoms. The monoisotopic (exact) mass is 336 g/mol. The largest absolute Gasteiger partial charge is 0.469 e. The van der Waals surface area contributed by atoms with E-state index in [2.05, 4.69) is 0 Å². The Kier molecular flexibility index (Phi) is 3.68. The number of Topliss-reactive ketones (excluding diaryl/α,β-unsaturated/α-hetero) is 1. The van der Waals surface area contributed by atoms with Crippen LogP contribution in [0.2, 0.25) is 0 Å². The van der Waals surface area contributed by atoms with E-state index in [1.807, 2.05) is 13.0 Å². The van der Waals surface area contributed by atoms with Crippen molar-refractivity contribution in [3.63, 3.8) is 0 Å². The Morgan fingerprint density at radius 2 is 1.83 bits per heavy atom. The zero-order valence-electron chi connectivity index (χ0n) is 14.7. The maximum absolute atomic E-state index is 12.9. The Morgan fingerprint density at radius 1 is 1.25 bits per heavy atom. The third-order valence-corrected chi connectivity index (χ3v) is 6.29. The van der Waals surface area contributed by atoms with E-state index < -0.39 is 40.7 Å². The lowest BCUT2D eigenvalue weighted by Gasteiger charge is -2.40. The Balaban J connectivity index is 2.08. The first-order valence-electron chi connectivity index (χ1n) is 8.22. The summed E-state index contributed by atoms with van der Waals surface area (Å²) in [5.41, 5.74) is -1.52. The van der Waals surface area contributed by atoms with Gasteiger partial charge in [-0.1, -0.05) is 13.0 Å². The number of aliphatic hydroxyl groups is 1. The van der Waals surface area contributed by atoms with Crippen molar-refractivity contribution >= 4 is 17.7 Å². The zero-order chi connectivity index (χ0) is 18.0. The molecule has 0 radical (unpaired) electrons. The second-order valence-electron chi connectivity index (χ2n) is 7.98. The van der Waals surface area contributed by atoms with E-state index in [0.717, 1.165) is 0 Å². The van der Waals surface area contributed by atoms with Crippen LogP contribution in [0.5, 0.6) is 0 Å². The third kappa shape index (κ3) is 2.01. The highest BCUT2D eigenvalue weighted by Gasteiger charge is 2.72. The van der Waals surface area contributed by atoms with Crippen LogP contribution >= 0.6 is 0 Å². The summed E-state index contributed by atoms with van der Waals surface area (Å²) < 4.78 is 9.85. The molecule has 0 aliphatic heterocycles. The summed E-state index contributed by atoms with van der Waals surface area (Å²) in [6, 6.07) is 0. The number of hydrogen-bond acceptors (Lipinski definition) is 6. The van der Waals surface area contributed by atoms with Gasteiger partial charge in [0.25, 0.3) is 0 Å². The molecule has 0 aromatic carbocycles. The number of allylic oxidation sites excluding steroid dienone is 1. The third-order valence-electron chi connectivity index (χ3n) is 6.29. The number of ether oxygens (including phenoxy) is 2. The number of fused-ring (bicyclic) bond motifs is 5. The van der Waals surface area contributed by atoms with Crippen LogP contribution in [0, 0.1) is 35.0 Å². The van der Waals surface area contributed by atoms with Gasteiger partial charge in [-0.05, 0) is 37.5 Å². The number of esters is 2. The van der Waals surface area contributed by atoms with Gasteiger partial charge in [-0.15, -0.1) is 0 Å². The van der Waals surface area contributed by atoms with E-state index in [1.165, 1.54) is 14.2 Å². The van der Waals surface area contributed by atoms with Gasteiger partial charge in [-0.3, -0.25) is 14.4 Å². The maximum atomic E-state index is 12.9. The quantitative estimate of drug-likeness (QED) is 0.777. The van der Waals surface area contributed by atoms with Gasteiger partial charge in [-0.2, -0.15) is 0 Å². The summed E-state index contributed by atoms with van der Waals surface area (Å²) in [7, 11) is 2.60. The Hall–Kier alpha value is -1.69. The number of carbonyl (C=O) groups is 3. The van der Waals surface area contributed by atoms with Gasteiger partial charge in [-0.25, -0.2) is 0 Å². The fraction of sp³-hybridized carbons (Fsp3) is 0.722. The summed E-state index contributed by atoms with van der Waals surface area (Å²) >= 11 is 0. The van der Waals surface area contributed by atoms with Crippen LogP contribution in [-0.2, 0) is 23.9 Å². The highest BCUT2D eigenvalue weighted by Crippen LogP contribution is 2.69. The molecule has 3 aliphatic rings. The second kappa shape index (κ2) is 5.15. The van der Waals surface area contributed by atoms with Gasteiger partial charge >= 0.3 is 11.9 Å². The van der Waals surface area contributed by atoms with Gasteiger partial charge in [0, 0.05) is 11.5 Å². The summed E-state index contributed by atoms with van der Waals surface area (Å²) in [5, 5.41) is 10.3. The van der Waals surface area contributed by atoms with Crippen molar-refractivity contribution in [2.24, 2.45) is 35.0 Å². The molecule has 0 aromatic rings. The molecule has 2 saturated carbocycles. The first-order chi connectivity index (χ1) is 11.1. The van der Waals surface area contributed by atoms with Gasteiger partial charge < -0.3 is 14.6 Å². The Bertz CT molecular complexity index is 642. The van der Waals surface area contributed by atoms with Crippen molar-refractivity contribution in [3.05, 3.63) is 11.6 Å². The minimum Gasteiger partial charge on any atom is -0.469 e. The number of rotatable bonds is 3. The van der Waals surface area contributed by atoms with E-state index in [0.29, 0.717) is 12.0 Å². The van der Waals surface area contributed by atoms with Crippen LogP contribution in [0.1, 0.15) is 27.2 Å². The van der Waals surface area contributed by atoms with Crippen LogP contribution in [0.4, 0.5) is 0 Å². The van der Waals surface area contributed by atoms with Crippen molar-refractivity contribution in [2.45, 2.75) is 32.8 Å². The molecule has 3 aliphatic carbocycles. The average molecular weight is 336 g/mol. The molecule has 24 heavy (non-hydrogen) atoms. The number of carbonyl (C=O) groups excluding carboxylic acids is 3. The number of ketones is 1. The molecule has 0 saturated heterocycles. The molecule has 0 heterocycles. The lowest BCUT2D eigenvalue weighted by atomic mass is 9.61. The van der Waals surface area contributed by atoms with E-state index in [4.69, 9.17) is 9.47 Å². The van der Waals surface area contributed by atoms with Crippen molar-refractivity contribution in [1.82, 2.24) is 0 Å². The predicted octanol–water partition coefficient (Wildman–Crippen LogP) is 1.12. The van der Waals surface area contributed by atoms with E-state index in [-0.39, 0.29) is 17.6 Å². The fourth-order valence-electron chi connectivity index (χ4n) is 5.43. The summed E-state index contributed by atoms with van der Waals surface area (Å²) in [6.07, 6.45) is 2.41. The molecule has 6 atom stereocenters. The van der Waals surface area contributed by atoms with Crippen molar-refractivity contribution in [1.29, 1.82) is 0 Å². The topological polar surface area (TPSA) is 89.9 Å². The lowest BCUT2D eigenvalue weighted by Crippen LogP contribution is -2.48. The molecule has 6 nitrogen and oxygen atoms in total. The smallest absolute Gasteiger partial charge is 0.310 e. The van der Waals surface area contributed by atoms with Crippen molar-refractivity contribution in [2.75, 3.05) is 14.2 Å². The summed E-state index contributed by atoms with van der Waals surface area (Å²) in [4.78, 5) is 37.7. The van der Waals surface area contributed by atoms with E-state index in [9.17, 15) is 19.5 Å². The minimum absolute atomic E-state index is 0.116. The molecule has 2 fully saturated rings. The van der Waals surface area contributed by atoms with Gasteiger partial charge in [0.1, 0.15) is 0 Å². The van der Waals surface area contributed by atoms with Crippen LogP contribution < -0.4 is 0 Å². The molecule has 3 rings (SSSR count). The molecular weight excluding hydrogens is 312 g/mol. The van der Waals surface area contributed by atoms with Gasteiger partial charge in [0.2, 0.25) is 0 Å². The average Bonchev–Trinajstić information content (AvgIpc) is 3.10. The first kappa shape index (κ1) is 17.1. The lowest BCUT2D eigenvalue weighted by molar-refractivity contribution is -0.166. The second-order valence-corrected chi connectivity index (χ2v) is 7.98. The molecule has 0 aromatic heterocycles. The van der Waals surface area contributed by atoms with Crippen molar-refractivity contribution in [3.8, 4) is 0 Å². The number of hydrogen-bond donors (Lipinski definition) is 1. The summed E-state index contributed by atoms with van der Waals surface area (Å²) in [6.45, 7) is 5.05. The fourth-order valence-corrected chi connectivity index (χ4v) is 5.43. The highest BCUT2D eigenvalue weighted by atomic mass is 16.5. The molecule has 0 unspecified atom stereocenters. The van der Waals surface area contributed by atoms with Crippen LogP contribution in [0.25, 0.3) is 0 Å². The molecule has 0 spiro atoms. The first-order valence-corrected chi connectivity index (χ1v) is 8.22. The zero-order valence-corrected chi connectivity index (χ0v) is 14.7. The maximum Gasteiger partial charge on any atom is 0.310 e. The molecular formula is C18H24O6. The predicted molar refractivity (Wildman–Crippen MR) is 83.6 cm³/mol. The van der Waals surface area contributed by atoms with Crippen molar-refractivity contribution < 1.29 is 29.0 Å². The standard InChI is InChI=1S/C18H24O6/c1-17(2,22)10-6-8-9-7-18(3,12(8)14(10)19)13(16(21)24-5)11(9)15(20)23-4/h6,8-9,11-13,22H,7H2,1-5H3/t8-,9+,11-,12+,13+,18-/m0/s1. The number of methoxy groups -OCH3 is 2. The molecule has 2 bridgehead atoms. The minimum atomic E-state index is -1.24. The van der Waals surface area contributed by atoms with Crippen LogP contribution in [-0.4, -0.2) is 42.6 Å². The highest BCUT2D eigenvalue weighted by molar-refractivity contribution is 6.03. The van der Waals surface area contributed by atoms with Crippen LogP contribution in [0.3, 0.4) is 0 Å².